The lowest BCUT2D eigenvalue weighted by atomic mass is 9.93. The molecule has 4 aromatic rings. The maximum Gasteiger partial charge on any atom is 0.158 e. The van der Waals surface area contributed by atoms with Gasteiger partial charge in [-0.1, -0.05) is 6.07 Å². The highest BCUT2D eigenvalue weighted by molar-refractivity contribution is 5.79. The van der Waals surface area contributed by atoms with E-state index in [2.05, 4.69) is 35.3 Å². The number of nitrogens with zero attached hydrogens (tertiary/aromatic N) is 6. The number of aryl methyl sites for hydroxylation is 2. The molecule has 5 heterocycles. The minimum Gasteiger partial charge on any atom is -0.394 e. The van der Waals surface area contributed by atoms with Gasteiger partial charge in [-0.05, 0) is 76.6 Å². The summed E-state index contributed by atoms with van der Waals surface area (Å²) < 4.78 is 7.70. The summed E-state index contributed by atoms with van der Waals surface area (Å²) >= 11 is 0. The molecule has 1 aliphatic carbocycles. The Hall–Kier alpha value is -3.14. The van der Waals surface area contributed by atoms with Gasteiger partial charge in [-0.3, -0.25) is 0 Å². The van der Waals surface area contributed by atoms with Crippen molar-refractivity contribution in [3.8, 4) is 11.4 Å². The number of aliphatic hydroxyl groups is 1. The molecule has 0 amide bonds. The van der Waals surface area contributed by atoms with Crippen LogP contribution in [-0.4, -0.2) is 68.1 Å². The third-order valence-electron chi connectivity index (χ3n) is 8.44. The molecule has 2 saturated heterocycles. The van der Waals surface area contributed by atoms with Crippen LogP contribution in [-0.2, 0) is 10.3 Å². The van der Waals surface area contributed by atoms with Gasteiger partial charge in [-0.15, -0.1) is 0 Å². The van der Waals surface area contributed by atoms with E-state index in [0.29, 0.717) is 12.1 Å². The van der Waals surface area contributed by atoms with Gasteiger partial charge in [0.1, 0.15) is 17.2 Å². The Balaban J connectivity index is 1.42. The van der Waals surface area contributed by atoms with E-state index in [4.69, 9.17) is 24.8 Å². The molecule has 3 fully saturated rings. The quantitative estimate of drug-likeness (QED) is 0.403. The van der Waals surface area contributed by atoms with Crippen LogP contribution in [0, 0.1) is 13.8 Å². The lowest BCUT2D eigenvalue weighted by Gasteiger charge is -2.37. The predicted octanol–water partition coefficient (Wildman–Crippen LogP) is 3.68. The average molecular weight is 514 g/mol. The minimum absolute atomic E-state index is 0.0198. The Morgan fingerprint density at radius 1 is 1.03 bits per heavy atom. The van der Waals surface area contributed by atoms with Crippen LogP contribution in [0.4, 0.5) is 5.82 Å². The Kier molecular flexibility index (Phi) is 5.83. The van der Waals surface area contributed by atoms with Gasteiger partial charge in [0.2, 0.25) is 0 Å². The van der Waals surface area contributed by atoms with Crippen LogP contribution in [0.5, 0.6) is 0 Å². The molecule has 1 atom stereocenters. The smallest absolute Gasteiger partial charge is 0.158 e. The van der Waals surface area contributed by atoms with Crippen molar-refractivity contribution in [3.05, 3.63) is 47.3 Å². The molecule has 0 unspecified atom stereocenters. The maximum absolute atomic E-state index is 10.5. The van der Waals surface area contributed by atoms with Gasteiger partial charge in [0.05, 0.1) is 34.6 Å². The summed E-state index contributed by atoms with van der Waals surface area (Å²) in [5.41, 5.74) is 6.44. The average Bonchev–Trinajstić information content (AvgIpc) is 3.46. The van der Waals surface area contributed by atoms with E-state index in [9.17, 15) is 5.11 Å². The fourth-order valence-corrected chi connectivity index (χ4v) is 6.23. The SMILES string of the molecule is Cc1ccc2nc(C)c(-c3cc4nc([C@]5(CO)CCCN5)cc(N(C5CCOCC5)C5CC5)n4n3)nc2c1. The Morgan fingerprint density at radius 3 is 2.58 bits per heavy atom. The summed E-state index contributed by atoms with van der Waals surface area (Å²) in [5, 5.41) is 19.2. The number of hydrogen-bond acceptors (Lipinski definition) is 8. The summed E-state index contributed by atoms with van der Waals surface area (Å²) in [6.07, 6.45) is 6.25. The molecule has 7 rings (SSSR count). The van der Waals surface area contributed by atoms with E-state index in [1.807, 2.05) is 23.6 Å². The molecule has 0 bridgehead atoms. The fourth-order valence-electron chi connectivity index (χ4n) is 6.23. The molecule has 1 saturated carbocycles. The summed E-state index contributed by atoms with van der Waals surface area (Å²) in [4.78, 5) is 17.5. The molecule has 38 heavy (non-hydrogen) atoms. The molecule has 3 aliphatic rings. The van der Waals surface area contributed by atoms with Crippen LogP contribution in [0.2, 0.25) is 0 Å². The van der Waals surface area contributed by atoms with Gasteiger partial charge >= 0.3 is 0 Å². The van der Waals surface area contributed by atoms with Gasteiger partial charge < -0.3 is 20.1 Å². The molecule has 0 spiro atoms. The third kappa shape index (κ3) is 4.04. The van der Waals surface area contributed by atoms with Crippen LogP contribution in [0.3, 0.4) is 0 Å². The highest BCUT2D eigenvalue weighted by atomic mass is 16.5. The summed E-state index contributed by atoms with van der Waals surface area (Å²) in [6.45, 7) is 6.53. The zero-order valence-electron chi connectivity index (χ0n) is 22.2. The molecule has 2 aliphatic heterocycles. The van der Waals surface area contributed by atoms with Crippen LogP contribution in [0.25, 0.3) is 28.1 Å². The number of aromatic nitrogens is 5. The second kappa shape index (κ2) is 9.25. The van der Waals surface area contributed by atoms with Crippen molar-refractivity contribution >= 4 is 22.5 Å². The van der Waals surface area contributed by atoms with Gasteiger partial charge in [0.15, 0.2) is 5.65 Å². The molecule has 198 valence electrons. The van der Waals surface area contributed by atoms with E-state index in [0.717, 1.165) is 96.3 Å². The number of ether oxygens (including phenoxy) is 1. The molecule has 0 radical (unpaired) electrons. The lowest BCUT2D eigenvalue weighted by molar-refractivity contribution is 0.0838. The summed E-state index contributed by atoms with van der Waals surface area (Å²) in [5.74, 6) is 1.05. The normalized spacial score (nSPS) is 22.5. The van der Waals surface area contributed by atoms with E-state index in [1.54, 1.807) is 0 Å². The number of aliphatic hydroxyl groups excluding tert-OH is 1. The van der Waals surface area contributed by atoms with Crippen molar-refractivity contribution in [1.29, 1.82) is 0 Å². The maximum atomic E-state index is 10.5. The Labute approximate surface area is 222 Å². The molecule has 1 aromatic carbocycles. The first-order valence-electron chi connectivity index (χ1n) is 13.9. The fraction of sp³-hybridized carbons (Fsp3) is 0.517. The van der Waals surface area contributed by atoms with Crippen molar-refractivity contribution in [2.45, 2.75) is 70.0 Å². The lowest BCUT2D eigenvalue weighted by Crippen LogP contribution is -2.44. The van der Waals surface area contributed by atoms with E-state index < -0.39 is 5.54 Å². The van der Waals surface area contributed by atoms with Crippen LogP contribution in [0.15, 0.2) is 30.3 Å². The summed E-state index contributed by atoms with van der Waals surface area (Å²) in [6, 6.07) is 11.3. The first-order valence-corrected chi connectivity index (χ1v) is 13.9. The molecule has 9 nitrogen and oxygen atoms in total. The molecule has 9 heteroatoms. The second-order valence-electron chi connectivity index (χ2n) is 11.2. The van der Waals surface area contributed by atoms with E-state index in [1.165, 1.54) is 12.8 Å². The zero-order chi connectivity index (χ0) is 25.9. The number of fused-ring (bicyclic) bond motifs is 2. The number of hydrogen-bond donors (Lipinski definition) is 2. The zero-order valence-corrected chi connectivity index (χ0v) is 22.2. The Morgan fingerprint density at radius 2 is 1.84 bits per heavy atom. The number of anilines is 1. The highest BCUT2D eigenvalue weighted by Crippen LogP contribution is 2.39. The third-order valence-corrected chi connectivity index (χ3v) is 8.44. The highest BCUT2D eigenvalue weighted by Gasteiger charge is 2.40. The number of nitrogens with one attached hydrogen (secondary N) is 1. The monoisotopic (exact) mass is 513 g/mol. The van der Waals surface area contributed by atoms with Crippen molar-refractivity contribution < 1.29 is 9.84 Å². The van der Waals surface area contributed by atoms with Crippen LogP contribution >= 0.6 is 0 Å². The number of rotatable bonds is 6. The van der Waals surface area contributed by atoms with Gasteiger partial charge in [-0.2, -0.15) is 9.61 Å². The van der Waals surface area contributed by atoms with Crippen LogP contribution in [0.1, 0.15) is 55.5 Å². The second-order valence-corrected chi connectivity index (χ2v) is 11.2. The topological polar surface area (TPSA) is 101 Å². The van der Waals surface area contributed by atoms with Crippen molar-refractivity contribution in [1.82, 2.24) is 29.9 Å². The van der Waals surface area contributed by atoms with Gasteiger partial charge in [-0.25, -0.2) is 15.0 Å². The molecule has 3 aromatic heterocycles. The largest absolute Gasteiger partial charge is 0.394 e. The molecular weight excluding hydrogens is 478 g/mol. The molecular formula is C29H35N7O2. The van der Waals surface area contributed by atoms with Crippen LogP contribution < -0.4 is 10.2 Å². The van der Waals surface area contributed by atoms with Crippen molar-refractivity contribution in [2.75, 3.05) is 31.3 Å². The van der Waals surface area contributed by atoms with Crippen molar-refractivity contribution in [2.24, 2.45) is 0 Å². The molecule has 2 N–H and O–H groups in total. The first kappa shape index (κ1) is 23.9. The minimum atomic E-state index is -0.526. The standard InChI is InChI=1S/C29H35N7O2/c1-18-4-7-22-23(14-18)32-28(19(2)31-22)24-15-26-33-25(29(17-37)10-3-11-30-29)16-27(36(26)34-24)35(20-5-6-20)21-8-12-38-13-9-21/h4,7,14-16,20-21,30,37H,3,5-6,8-13,17H2,1-2H3/t29-/m1/s1. The number of benzene rings is 1. The first-order chi connectivity index (χ1) is 18.5. The van der Waals surface area contributed by atoms with E-state index >= 15 is 0 Å². The van der Waals surface area contributed by atoms with Crippen molar-refractivity contribution in [3.63, 3.8) is 0 Å². The summed E-state index contributed by atoms with van der Waals surface area (Å²) in [7, 11) is 0. The van der Waals surface area contributed by atoms with E-state index in [-0.39, 0.29) is 6.61 Å². The van der Waals surface area contributed by atoms with Gasteiger partial charge in [0.25, 0.3) is 0 Å². The predicted molar refractivity (Wildman–Crippen MR) is 146 cm³/mol. The van der Waals surface area contributed by atoms with Gasteiger partial charge in [0, 0.05) is 37.4 Å². The Bertz CT molecular complexity index is 1500.